The summed E-state index contributed by atoms with van der Waals surface area (Å²) >= 11 is 0. The van der Waals surface area contributed by atoms with Crippen LogP contribution < -0.4 is 20.1 Å². The summed E-state index contributed by atoms with van der Waals surface area (Å²) in [6.45, 7) is 17.2. The quantitative estimate of drug-likeness (QED) is 0.0239. The lowest BCUT2D eigenvalue weighted by atomic mass is 9.89. The second kappa shape index (κ2) is 31.9. The third-order valence-corrected chi connectivity index (χ3v) is 13.1. The summed E-state index contributed by atoms with van der Waals surface area (Å²) in [7, 11) is -3.89. The van der Waals surface area contributed by atoms with Gasteiger partial charge >= 0.3 is 13.6 Å². The first-order valence-electron chi connectivity index (χ1n) is 24.5. The molecule has 0 bridgehead atoms. The Morgan fingerprint density at radius 1 is 0.554 bits per heavy atom. The summed E-state index contributed by atoms with van der Waals surface area (Å²) in [5.74, 6) is 2.43. The zero-order chi connectivity index (χ0) is 47.3. The summed E-state index contributed by atoms with van der Waals surface area (Å²) in [6.07, 6.45) is 16.3. The Balaban J connectivity index is 0.000000347. The van der Waals surface area contributed by atoms with Crippen LogP contribution in [0.4, 0.5) is 0 Å². The number of carboxylic acid groups (broad SMARTS) is 1. The molecule has 0 fully saturated rings. The molecular weight excluding hydrogens is 832 g/mol. The summed E-state index contributed by atoms with van der Waals surface area (Å²) in [5.41, 5.74) is 10.7. The van der Waals surface area contributed by atoms with Gasteiger partial charge in [0.15, 0.2) is 0 Å². The highest BCUT2D eigenvalue weighted by atomic mass is 31.2. The number of aliphatic carboxylic acids is 1. The topological polar surface area (TPSA) is 137 Å². The molecule has 0 aliphatic rings. The van der Waals surface area contributed by atoms with Crippen molar-refractivity contribution in [1.82, 2.24) is 10.6 Å². The zero-order valence-electron chi connectivity index (χ0n) is 40.7. The fourth-order valence-electron chi connectivity index (χ4n) is 8.00. The number of ether oxygens (including phenoxy) is 2. The Morgan fingerprint density at radius 3 is 1.42 bits per heavy atom. The van der Waals surface area contributed by atoms with E-state index in [0.29, 0.717) is 44.4 Å². The standard InChI is InChI=1S/C28H44NO4P.C27H39NO3/c1-4-5-6-9-25(21-27-12-11-23(2)24(3)20-27)10-7-18-33-28-15-13-26(14-16-28)22-29-17-8-19-34(30,31)32;1-4-5-7-23(19-25-10-9-21(2)22(3)18-25)8-6-17-31-26-13-11-24(12-14-26)20-28-16-15-27(29)30/h11-16,20,25,29H,4-10,17-19,21-22H2,1-3H3,(H2,30,31,32);9-14,18,23,28H,4-8,15-17,19-20H2,1-3H3,(H,29,30). The Labute approximate surface area is 392 Å². The first-order chi connectivity index (χ1) is 31.2. The van der Waals surface area contributed by atoms with Crippen molar-refractivity contribution < 1.29 is 33.7 Å². The molecule has 10 heteroatoms. The molecule has 4 aromatic rings. The third kappa shape index (κ3) is 25.5. The molecule has 360 valence electrons. The van der Waals surface area contributed by atoms with E-state index in [9.17, 15) is 9.36 Å². The van der Waals surface area contributed by atoms with Gasteiger partial charge in [0.1, 0.15) is 11.5 Å². The van der Waals surface area contributed by atoms with Crippen LogP contribution in [-0.4, -0.2) is 53.3 Å². The van der Waals surface area contributed by atoms with Crippen molar-refractivity contribution in [2.75, 3.05) is 32.5 Å². The lowest BCUT2D eigenvalue weighted by molar-refractivity contribution is -0.136. The number of rotatable bonds is 32. The zero-order valence-corrected chi connectivity index (χ0v) is 41.6. The van der Waals surface area contributed by atoms with Crippen LogP contribution in [0.25, 0.3) is 0 Å². The number of carboxylic acids is 1. The monoisotopic (exact) mass is 915 g/mol. The van der Waals surface area contributed by atoms with Gasteiger partial charge in [0.05, 0.1) is 25.8 Å². The minimum absolute atomic E-state index is 0.0725. The Morgan fingerprint density at radius 2 is 0.985 bits per heavy atom. The van der Waals surface area contributed by atoms with Gasteiger partial charge in [-0.2, -0.15) is 0 Å². The number of hydrogen-bond donors (Lipinski definition) is 5. The van der Waals surface area contributed by atoms with E-state index in [0.717, 1.165) is 61.5 Å². The fourth-order valence-corrected chi connectivity index (χ4v) is 8.57. The van der Waals surface area contributed by atoms with Crippen molar-refractivity contribution in [1.29, 1.82) is 0 Å². The molecule has 0 aliphatic heterocycles. The highest BCUT2D eigenvalue weighted by Crippen LogP contribution is 2.34. The van der Waals surface area contributed by atoms with Crippen LogP contribution in [0.5, 0.6) is 11.5 Å². The van der Waals surface area contributed by atoms with E-state index in [2.05, 4.69) is 88.6 Å². The second-order valence-corrected chi connectivity index (χ2v) is 19.9. The summed E-state index contributed by atoms with van der Waals surface area (Å²) < 4.78 is 22.8. The van der Waals surface area contributed by atoms with E-state index in [4.69, 9.17) is 24.4 Å². The van der Waals surface area contributed by atoms with E-state index < -0.39 is 13.6 Å². The van der Waals surface area contributed by atoms with Crippen LogP contribution in [0.15, 0.2) is 84.9 Å². The molecular formula is C55H83N2O7P. The van der Waals surface area contributed by atoms with Gasteiger partial charge in [0, 0.05) is 19.6 Å². The van der Waals surface area contributed by atoms with Crippen molar-refractivity contribution in [3.05, 3.63) is 129 Å². The first-order valence-corrected chi connectivity index (χ1v) is 26.3. The molecule has 4 rings (SSSR count). The highest BCUT2D eigenvalue weighted by molar-refractivity contribution is 7.51. The summed E-state index contributed by atoms with van der Waals surface area (Å²) in [4.78, 5) is 28.3. The Bertz CT molecular complexity index is 1950. The molecule has 65 heavy (non-hydrogen) atoms. The van der Waals surface area contributed by atoms with Crippen LogP contribution >= 0.6 is 7.60 Å². The van der Waals surface area contributed by atoms with Gasteiger partial charge < -0.3 is 35.0 Å². The maximum atomic E-state index is 10.9. The molecule has 0 spiro atoms. The van der Waals surface area contributed by atoms with Crippen molar-refractivity contribution in [2.45, 2.75) is 151 Å². The predicted molar refractivity (Wildman–Crippen MR) is 269 cm³/mol. The van der Waals surface area contributed by atoms with Crippen LogP contribution in [0.1, 0.15) is 142 Å². The molecule has 0 radical (unpaired) electrons. The van der Waals surface area contributed by atoms with Gasteiger partial charge in [-0.1, -0.05) is 119 Å². The second-order valence-electron chi connectivity index (χ2n) is 18.1. The molecule has 2 atom stereocenters. The lowest BCUT2D eigenvalue weighted by Crippen LogP contribution is -2.17. The van der Waals surface area contributed by atoms with E-state index >= 15 is 0 Å². The minimum atomic E-state index is -3.89. The number of nitrogens with one attached hydrogen (secondary N) is 2. The van der Waals surface area contributed by atoms with Crippen molar-refractivity contribution in [2.24, 2.45) is 11.8 Å². The molecule has 5 N–H and O–H groups in total. The molecule has 0 aromatic heterocycles. The summed E-state index contributed by atoms with van der Waals surface area (Å²) in [5, 5.41) is 15.0. The molecule has 2 unspecified atom stereocenters. The smallest absolute Gasteiger partial charge is 0.325 e. The van der Waals surface area contributed by atoms with Gasteiger partial charge in [-0.3, -0.25) is 9.36 Å². The van der Waals surface area contributed by atoms with Crippen LogP contribution in [0, 0.1) is 39.5 Å². The number of benzene rings is 4. The van der Waals surface area contributed by atoms with Gasteiger partial charge in [-0.05, 0) is 160 Å². The van der Waals surface area contributed by atoms with E-state index in [1.54, 1.807) is 0 Å². The van der Waals surface area contributed by atoms with Crippen molar-refractivity contribution in [3.8, 4) is 11.5 Å². The minimum Gasteiger partial charge on any atom is -0.494 e. The van der Waals surface area contributed by atoms with E-state index in [1.807, 2.05) is 48.5 Å². The molecule has 0 heterocycles. The largest absolute Gasteiger partial charge is 0.494 e. The molecule has 0 amide bonds. The van der Waals surface area contributed by atoms with E-state index in [-0.39, 0.29) is 12.6 Å². The van der Waals surface area contributed by atoms with Gasteiger partial charge in [-0.15, -0.1) is 0 Å². The molecule has 9 nitrogen and oxygen atoms in total. The highest BCUT2D eigenvalue weighted by Gasteiger charge is 2.13. The molecule has 0 saturated heterocycles. The average Bonchev–Trinajstić information content (AvgIpc) is 3.27. The maximum absolute atomic E-state index is 10.9. The van der Waals surface area contributed by atoms with Crippen molar-refractivity contribution in [3.63, 3.8) is 0 Å². The maximum Gasteiger partial charge on any atom is 0.325 e. The van der Waals surface area contributed by atoms with Gasteiger partial charge in [-0.25, -0.2) is 0 Å². The molecule has 4 aromatic carbocycles. The Hall–Kier alpha value is -3.98. The lowest BCUT2D eigenvalue weighted by Gasteiger charge is -2.18. The first kappa shape index (κ1) is 55.3. The van der Waals surface area contributed by atoms with Crippen LogP contribution in [0.3, 0.4) is 0 Å². The average molecular weight is 915 g/mol. The number of unbranched alkanes of at least 4 members (excludes halogenated alkanes) is 3. The normalized spacial score (nSPS) is 12.3. The van der Waals surface area contributed by atoms with Gasteiger partial charge in [0.2, 0.25) is 0 Å². The third-order valence-electron chi connectivity index (χ3n) is 12.2. The van der Waals surface area contributed by atoms with Crippen LogP contribution in [-0.2, 0) is 35.3 Å². The number of aryl methyl sites for hydroxylation is 4. The molecule has 0 aliphatic carbocycles. The summed E-state index contributed by atoms with van der Waals surface area (Å²) in [6, 6.07) is 29.9. The van der Waals surface area contributed by atoms with Crippen LogP contribution in [0.2, 0.25) is 0 Å². The van der Waals surface area contributed by atoms with Crippen molar-refractivity contribution >= 4 is 13.6 Å². The number of carbonyl (C=O) groups is 1. The number of hydrogen-bond acceptors (Lipinski definition) is 6. The van der Waals surface area contributed by atoms with Gasteiger partial charge in [0.25, 0.3) is 0 Å². The molecule has 0 saturated carbocycles. The SMILES string of the molecule is CCCCC(CCCOc1ccc(CNCCC(=O)O)cc1)Cc1ccc(C)c(C)c1.CCCCCC(CCCOc1ccc(CNCCCP(=O)(O)O)cc1)Cc1ccc(C)c(C)c1. The van der Waals surface area contributed by atoms with E-state index in [1.165, 1.54) is 91.2 Å². The predicted octanol–water partition coefficient (Wildman–Crippen LogP) is 12.6. The fraction of sp³-hybridized carbons (Fsp3) is 0.545. The Kier molecular flexibility index (Phi) is 27.1.